The van der Waals surface area contributed by atoms with Crippen molar-refractivity contribution in [3.8, 4) is 5.75 Å². The van der Waals surface area contributed by atoms with Gasteiger partial charge < -0.3 is 4.74 Å². The lowest BCUT2D eigenvalue weighted by Crippen LogP contribution is -2.01. The van der Waals surface area contributed by atoms with Crippen LogP contribution in [0.25, 0.3) is 0 Å². The number of rotatable bonds is 4. The maximum atomic E-state index is 13.6. The third-order valence-electron chi connectivity index (χ3n) is 2.64. The van der Waals surface area contributed by atoms with Crippen LogP contribution in [-0.4, -0.2) is 0 Å². The van der Waals surface area contributed by atoms with E-state index in [-0.39, 0.29) is 12.4 Å². The quantitative estimate of drug-likeness (QED) is 0.642. The summed E-state index contributed by atoms with van der Waals surface area (Å²) in [6, 6.07) is 9.90. The van der Waals surface area contributed by atoms with Gasteiger partial charge in [0, 0.05) is 21.5 Å². The van der Waals surface area contributed by atoms with E-state index in [4.69, 9.17) is 27.9 Å². The zero-order valence-electron chi connectivity index (χ0n) is 9.80. The number of hydrogen-bond acceptors (Lipinski definition) is 1. The predicted molar refractivity (Wildman–Crippen MR) is 79.8 cm³/mol. The Bertz CT molecular complexity index is 569. The van der Waals surface area contributed by atoms with E-state index in [0.29, 0.717) is 26.7 Å². The first-order valence-corrected chi connectivity index (χ1v) is 7.40. The Morgan fingerprint density at radius 3 is 2.26 bits per heavy atom. The third kappa shape index (κ3) is 3.41. The Morgan fingerprint density at radius 2 is 1.63 bits per heavy atom. The van der Waals surface area contributed by atoms with E-state index in [0.717, 1.165) is 5.56 Å². The molecule has 0 aliphatic carbocycles. The molecule has 0 fully saturated rings. The number of ether oxygens (including phenoxy) is 1. The summed E-state index contributed by atoms with van der Waals surface area (Å²) in [7, 11) is 0. The van der Waals surface area contributed by atoms with Crippen LogP contribution in [0.1, 0.15) is 11.1 Å². The van der Waals surface area contributed by atoms with Crippen LogP contribution in [0.2, 0.25) is 10.0 Å². The fourth-order valence-corrected chi connectivity index (χ4v) is 2.81. The first kappa shape index (κ1) is 14.6. The molecule has 2 aromatic carbocycles. The molecule has 1 nitrogen and oxygen atoms in total. The molecule has 19 heavy (non-hydrogen) atoms. The van der Waals surface area contributed by atoms with E-state index >= 15 is 0 Å². The molecule has 0 N–H and O–H groups in total. The van der Waals surface area contributed by atoms with Crippen molar-refractivity contribution in [2.24, 2.45) is 0 Å². The van der Waals surface area contributed by atoms with Gasteiger partial charge in [-0.2, -0.15) is 0 Å². The lowest BCUT2D eigenvalue weighted by Gasteiger charge is -2.12. The molecular formula is C14H10BrCl2FO. The van der Waals surface area contributed by atoms with Gasteiger partial charge in [-0.25, -0.2) is 4.39 Å². The first-order valence-electron chi connectivity index (χ1n) is 5.52. The van der Waals surface area contributed by atoms with Gasteiger partial charge in [0.15, 0.2) is 0 Å². The summed E-state index contributed by atoms with van der Waals surface area (Å²) < 4.78 is 19.2. The summed E-state index contributed by atoms with van der Waals surface area (Å²) in [4.78, 5) is 0. The van der Waals surface area contributed by atoms with E-state index in [9.17, 15) is 4.39 Å². The van der Waals surface area contributed by atoms with Gasteiger partial charge in [0.1, 0.15) is 18.2 Å². The number of halogens is 4. The molecule has 0 amide bonds. The molecule has 100 valence electrons. The van der Waals surface area contributed by atoms with Gasteiger partial charge in [0.05, 0.1) is 5.02 Å². The van der Waals surface area contributed by atoms with E-state index in [1.165, 1.54) is 6.07 Å². The molecule has 0 atom stereocenters. The maximum absolute atomic E-state index is 13.6. The largest absolute Gasteiger partial charge is 0.488 e. The molecule has 0 radical (unpaired) electrons. The molecule has 0 saturated heterocycles. The lowest BCUT2D eigenvalue weighted by atomic mass is 10.2. The van der Waals surface area contributed by atoms with Crippen molar-refractivity contribution in [3.05, 3.63) is 63.4 Å². The lowest BCUT2D eigenvalue weighted by molar-refractivity contribution is 0.298. The Morgan fingerprint density at radius 1 is 1.00 bits per heavy atom. The highest BCUT2D eigenvalue weighted by Crippen LogP contribution is 2.30. The molecule has 5 heteroatoms. The minimum Gasteiger partial charge on any atom is -0.488 e. The standard InChI is InChI=1S/C14H10BrCl2FO/c15-7-9-11(16)4-2-6-14(9)19-8-10-12(17)3-1-5-13(10)18/h1-6H,7-8H2. The highest BCUT2D eigenvalue weighted by molar-refractivity contribution is 9.08. The van der Waals surface area contributed by atoms with Crippen molar-refractivity contribution in [1.29, 1.82) is 0 Å². The topological polar surface area (TPSA) is 9.23 Å². The summed E-state index contributed by atoms with van der Waals surface area (Å²) in [5, 5.41) is 1.52. The Hall–Kier alpha value is -0.770. The maximum Gasteiger partial charge on any atom is 0.131 e. The van der Waals surface area contributed by atoms with E-state index in [1.54, 1.807) is 30.3 Å². The number of benzene rings is 2. The summed E-state index contributed by atoms with van der Waals surface area (Å²) in [5.74, 6) is 0.235. The highest BCUT2D eigenvalue weighted by atomic mass is 79.9. The Kier molecular flexibility index (Phi) is 5.08. The molecule has 0 aliphatic rings. The van der Waals surface area contributed by atoms with Gasteiger partial charge in [-0.3, -0.25) is 0 Å². The van der Waals surface area contributed by atoms with Crippen LogP contribution in [0.15, 0.2) is 36.4 Å². The molecule has 0 aliphatic heterocycles. The van der Waals surface area contributed by atoms with Crippen LogP contribution >= 0.6 is 39.1 Å². The van der Waals surface area contributed by atoms with Gasteiger partial charge in [0.25, 0.3) is 0 Å². The normalized spacial score (nSPS) is 10.5. The van der Waals surface area contributed by atoms with Crippen LogP contribution in [0.3, 0.4) is 0 Å². The van der Waals surface area contributed by atoms with Crippen molar-refractivity contribution in [1.82, 2.24) is 0 Å². The fraction of sp³-hybridized carbons (Fsp3) is 0.143. The molecule has 0 bridgehead atoms. The van der Waals surface area contributed by atoms with Crippen LogP contribution in [0.5, 0.6) is 5.75 Å². The van der Waals surface area contributed by atoms with E-state index < -0.39 is 0 Å². The number of alkyl halides is 1. The van der Waals surface area contributed by atoms with Crippen molar-refractivity contribution < 1.29 is 9.13 Å². The molecule has 2 rings (SSSR count). The monoisotopic (exact) mass is 362 g/mol. The molecule has 0 heterocycles. The predicted octanol–water partition coefficient (Wildman–Crippen LogP) is 5.61. The minimum atomic E-state index is -0.380. The van der Waals surface area contributed by atoms with E-state index in [2.05, 4.69) is 15.9 Å². The van der Waals surface area contributed by atoms with Crippen LogP contribution in [0.4, 0.5) is 4.39 Å². The smallest absolute Gasteiger partial charge is 0.131 e. The van der Waals surface area contributed by atoms with Crippen molar-refractivity contribution in [2.45, 2.75) is 11.9 Å². The summed E-state index contributed by atoms with van der Waals surface area (Å²) in [6.07, 6.45) is 0. The van der Waals surface area contributed by atoms with Gasteiger partial charge in [0.2, 0.25) is 0 Å². The summed E-state index contributed by atoms with van der Waals surface area (Å²) in [5.41, 5.74) is 1.17. The second kappa shape index (κ2) is 6.60. The van der Waals surface area contributed by atoms with Crippen molar-refractivity contribution in [3.63, 3.8) is 0 Å². The van der Waals surface area contributed by atoms with Crippen LogP contribution in [0, 0.1) is 5.82 Å². The zero-order valence-corrected chi connectivity index (χ0v) is 12.9. The molecule has 2 aromatic rings. The molecule has 0 aromatic heterocycles. The summed E-state index contributed by atoms with van der Waals surface area (Å²) >= 11 is 15.4. The summed E-state index contributed by atoms with van der Waals surface area (Å²) in [6.45, 7) is 0.0614. The zero-order chi connectivity index (χ0) is 13.8. The average molecular weight is 364 g/mol. The molecule has 0 spiro atoms. The average Bonchev–Trinajstić information content (AvgIpc) is 2.38. The van der Waals surface area contributed by atoms with Crippen molar-refractivity contribution in [2.75, 3.05) is 0 Å². The second-order valence-corrected chi connectivity index (χ2v) is 5.21. The van der Waals surface area contributed by atoms with Gasteiger partial charge >= 0.3 is 0 Å². The van der Waals surface area contributed by atoms with Gasteiger partial charge in [-0.15, -0.1) is 0 Å². The van der Waals surface area contributed by atoms with Crippen molar-refractivity contribution >= 4 is 39.1 Å². The number of hydrogen-bond donors (Lipinski definition) is 0. The SMILES string of the molecule is Fc1cccc(Cl)c1COc1cccc(Cl)c1CBr. The highest BCUT2D eigenvalue weighted by Gasteiger charge is 2.11. The molecule has 0 saturated carbocycles. The molecule has 0 unspecified atom stereocenters. The van der Waals surface area contributed by atoms with Gasteiger partial charge in [-0.1, -0.05) is 51.3 Å². The van der Waals surface area contributed by atoms with E-state index in [1.807, 2.05) is 0 Å². The Balaban J connectivity index is 2.22. The Labute approximate surface area is 129 Å². The second-order valence-electron chi connectivity index (χ2n) is 3.84. The first-order chi connectivity index (χ1) is 9.13. The van der Waals surface area contributed by atoms with Gasteiger partial charge in [-0.05, 0) is 24.3 Å². The van der Waals surface area contributed by atoms with Crippen LogP contribution < -0.4 is 4.74 Å². The van der Waals surface area contributed by atoms with Crippen LogP contribution in [-0.2, 0) is 11.9 Å². The minimum absolute atomic E-state index is 0.0614. The molecular weight excluding hydrogens is 354 g/mol. The third-order valence-corrected chi connectivity index (χ3v) is 3.91. The fourth-order valence-electron chi connectivity index (χ4n) is 1.62.